The van der Waals surface area contributed by atoms with Gasteiger partial charge < -0.3 is 19.7 Å². The summed E-state index contributed by atoms with van der Waals surface area (Å²) in [6.07, 6.45) is 1.36. The van der Waals surface area contributed by atoms with E-state index in [0.29, 0.717) is 18.1 Å². The van der Waals surface area contributed by atoms with Crippen molar-refractivity contribution in [3.8, 4) is 0 Å². The van der Waals surface area contributed by atoms with E-state index in [9.17, 15) is 4.79 Å². The number of aromatic nitrogens is 1. The molecule has 0 atom stereocenters. The molecular weight excluding hydrogens is 212 g/mol. The van der Waals surface area contributed by atoms with E-state index in [1.165, 1.54) is 0 Å². The Hall–Kier alpha value is -1.56. The molecule has 0 aliphatic carbocycles. The minimum Gasteiger partial charge on any atom is -0.450 e. The molecule has 90 valence electrons. The number of hydrogen-bond acceptors (Lipinski definition) is 5. The van der Waals surface area contributed by atoms with Crippen molar-refractivity contribution in [2.24, 2.45) is 0 Å². The molecule has 0 bridgehead atoms. The van der Waals surface area contributed by atoms with E-state index in [4.69, 9.17) is 14.4 Å². The van der Waals surface area contributed by atoms with E-state index in [1.54, 1.807) is 6.07 Å². The third kappa shape index (κ3) is 4.31. The van der Waals surface area contributed by atoms with Gasteiger partial charge in [0.25, 0.3) is 0 Å². The predicted octanol–water partition coefficient (Wildman–Crippen LogP) is 1.19. The zero-order chi connectivity index (χ0) is 11.8. The summed E-state index contributed by atoms with van der Waals surface area (Å²) in [6.45, 7) is 2.47. The molecule has 1 rings (SSSR count). The molecule has 6 nitrogen and oxygen atoms in total. The Morgan fingerprint density at radius 3 is 3.12 bits per heavy atom. The number of aliphatic hydroxyl groups excluding tert-OH is 1. The van der Waals surface area contributed by atoms with Crippen LogP contribution in [0.25, 0.3) is 0 Å². The van der Waals surface area contributed by atoms with Crippen molar-refractivity contribution in [3.05, 3.63) is 17.5 Å². The highest BCUT2D eigenvalue weighted by Crippen LogP contribution is 2.02. The van der Waals surface area contributed by atoms with Crippen LogP contribution in [0.5, 0.6) is 0 Å². The minimum atomic E-state index is -0.476. The Labute approximate surface area is 93.6 Å². The van der Waals surface area contributed by atoms with Crippen molar-refractivity contribution < 1.29 is 19.2 Å². The van der Waals surface area contributed by atoms with Crippen molar-refractivity contribution in [3.63, 3.8) is 0 Å². The highest BCUT2D eigenvalue weighted by molar-refractivity contribution is 5.66. The summed E-state index contributed by atoms with van der Waals surface area (Å²) < 4.78 is 9.73. The van der Waals surface area contributed by atoms with Crippen LogP contribution < -0.4 is 5.32 Å². The van der Waals surface area contributed by atoms with E-state index in [1.807, 2.05) is 6.92 Å². The fraction of sp³-hybridized carbons (Fsp3) is 0.600. The van der Waals surface area contributed by atoms with Gasteiger partial charge in [0.1, 0.15) is 5.69 Å². The van der Waals surface area contributed by atoms with E-state index >= 15 is 0 Å². The quantitative estimate of drug-likeness (QED) is 0.714. The van der Waals surface area contributed by atoms with Gasteiger partial charge in [-0.05, 0) is 6.42 Å². The number of unbranched alkanes of at least 4 members (excludes halogenated alkanes) is 1. The van der Waals surface area contributed by atoms with Crippen LogP contribution in [0.3, 0.4) is 0 Å². The van der Waals surface area contributed by atoms with Crippen LogP contribution in [0.1, 0.15) is 31.2 Å². The number of carbonyl (C=O) groups excluding carboxylic acids is 1. The van der Waals surface area contributed by atoms with Crippen molar-refractivity contribution >= 4 is 6.09 Å². The molecule has 2 N–H and O–H groups in total. The molecule has 0 spiro atoms. The second-order valence-corrected chi connectivity index (χ2v) is 3.29. The van der Waals surface area contributed by atoms with Crippen LogP contribution in [0.4, 0.5) is 4.79 Å². The first-order chi connectivity index (χ1) is 7.76. The van der Waals surface area contributed by atoms with Gasteiger partial charge in [-0.25, -0.2) is 4.79 Å². The molecule has 0 saturated heterocycles. The minimum absolute atomic E-state index is 0.176. The highest BCUT2D eigenvalue weighted by Gasteiger charge is 2.06. The molecule has 0 aliphatic heterocycles. The highest BCUT2D eigenvalue weighted by atomic mass is 16.5. The first-order valence-electron chi connectivity index (χ1n) is 5.22. The molecule has 1 aromatic heterocycles. The maximum atomic E-state index is 11.1. The van der Waals surface area contributed by atoms with Crippen LogP contribution in [-0.4, -0.2) is 23.0 Å². The number of hydrogen-bond donors (Lipinski definition) is 2. The smallest absolute Gasteiger partial charge is 0.407 e. The van der Waals surface area contributed by atoms with Gasteiger partial charge in [0.2, 0.25) is 0 Å². The van der Waals surface area contributed by atoms with Gasteiger partial charge in [-0.1, -0.05) is 18.5 Å². The molecular formula is C10H16N2O4. The third-order valence-electron chi connectivity index (χ3n) is 1.91. The second-order valence-electron chi connectivity index (χ2n) is 3.29. The van der Waals surface area contributed by atoms with E-state index in [0.717, 1.165) is 12.8 Å². The number of alkyl carbamates (subject to hydrolysis) is 1. The molecule has 0 aliphatic rings. The van der Waals surface area contributed by atoms with E-state index in [2.05, 4.69) is 10.5 Å². The molecule has 1 heterocycles. The number of aliphatic hydroxyl groups is 1. The van der Waals surface area contributed by atoms with Crippen LogP contribution in [-0.2, 0) is 17.9 Å². The Kier molecular flexibility index (Phi) is 5.35. The lowest BCUT2D eigenvalue weighted by atomic mass is 10.4. The lowest BCUT2D eigenvalue weighted by Gasteiger charge is -2.03. The van der Waals surface area contributed by atoms with Gasteiger partial charge >= 0.3 is 6.09 Å². The summed E-state index contributed by atoms with van der Waals surface area (Å²) in [5.74, 6) is 0.483. The van der Waals surface area contributed by atoms with E-state index < -0.39 is 6.09 Å². The summed E-state index contributed by atoms with van der Waals surface area (Å²) in [5.41, 5.74) is 0.441. The monoisotopic (exact) mass is 228 g/mol. The van der Waals surface area contributed by atoms with Gasteiger partial charge in [-0.2, -0.15) is 0 Å². The summed E-state index contributed by atoms with van der Waals surface area (Å²) in [6, 6.07) is 1.58. The zero-order valence-electron chi connectivity index (χ0n) is 9.23. The van der Waals surface area contributed by atoms with Crippen molar-refractivity contribution in [2.75, 3.05) is 6.61 Å². The fourth-order valence-electron chi connectivity index (χ4n) is 1.03. The standard InChI is InChI=1S/C10H16N2O4/c1-2-3-4-15-10(14)11-6-9-5-8(7-13)12-16-9/h5,13H,2-4,6-7H2,1H3,(H,11,14). The first-order valence-corrected chi connectivity index (χ1v) is 5.22. The van der Waals surface area contributed by atoms with Gasteiger partial charge in [0, 0.05) is 6.07 Å². The van der Waals surface area contributed by atoms with Crippen molar-refractivity contribution in [1.29, 1.82) is 0 Å². The van der Waals surface area contributed by atoms with Crippen molar-refractivity contribution in [1.82, 2.24) is 10.5 Å². The molecule has 1 amide bonds. The number of carbonyl (C=O) groups is 1. The third-order valence-corrected chi connectivity index (χ3v) is 1.91. The molecule has 0 unspecified atom stereocenters. The average Bonchev–Trinajstić information content (AvgIpc) is 2.74. The van der Waals surface area contributed by atoms with Gasteiger partial charge in [-0.3, -0.25) is 0 Å². The van der Waals surface area contributed by atoms with Gasteiger partial charge in [0.15, 0.2) is 5.76 Å². The largest absolute Gasteiger partial charge is 0.450 e. The molecule has 6 heteroatoms. The van der Waals surface area contributed by atoms with Crippen molar-refractivity contribution in [2.45, 2.75) is 32.9 Å². The number of amides is 1. The lowest BCUT2D eigenvalue weighted by molar-refractivity contribution is 0.143. The Bertz CT molecular complexity index is 324. The average molecular weight is 228 g/mol. The number of ether oxygens (including phenoxy) is 1. The Balaban J connectivity index is 2.20. The SMILES string of the molecule is CCCCOC(=O)NCc1cc(CO)no1. The normalized spacial score (nSPS) is 10.1. The Morgan fingerprint density at radius 1 is 1.69 bits per heavy atom. The second kappa shape index (κ2) is 6.84. The van der Waals surface area contributed by atoms with E-state index in [-0.39, 0.29) is 13.2 Å². The zero-order valence-corrected chi connectivity index (χ0v) is 9.23. The topological polar surface area (TPSA) is 84.6 Å². The predicted molar refractivity (Wildman–Crippen MR) is 55.5 cm³/mol. The summed E-state index contributed by atoms with van der Waals surface area (Å²) in [7, 11) is 0. The first kappa shape index (κ1) is 12.5. The maximum absolute atomic E-state index is 11.1. The molecule has 1 aromatic rings. The van der Waals surface area contributed by atoms with Crippen LogP contribution >= 0.6 is 0 Å². The van der Waals surface area contributed by atoms with Crippen LogP contribution in [0.15, 0.2) is 10.6 Å². The van der Waals surface area contributed by atoms with Crippen LogP contribution in [0.2, 0.25) is 0 Å². The van der Waals surface area contributed by atoms with Gasteiger partial charge in [-0.15, -0.1) is 0 Å². The summed E-state index contributed by atoms with van der Waals surface area (Å²) in [4.78, 5) is 11.1. The van der Waals surface area contributed by atoms with Gasteiger partial charge in [0.05, 0.1) is 19.8 Å². The molecule has 16 heavy (non-hydrogen) atoms. The molecule has 0 radical (unpaired) electrons. The molecule has 0 saturated carbocycles. The molecule has 0 fully saturated rings. The number of rotatable bonds is 6. The molecule has 0 aromatic carbocycles. The van der Waals surface area contributed by atoms with Crippen LogP contribution in [0, 0.1) is 0 Å². The number of nitrogens with zero attached hydrogens (tertiary/aromatic N) is 1. The Morgan fingerprint density at radius 2 is 2.50 bits per heavy atom. The number of nitrogens with one attached hydrogen (secondary N) is 1. The summed E-state index contributed by atoms with van der Waals surface area (Å²) >= 11 is 0. The fourth-order valence-corrected chi connectivity index (χ4v) is 1.03. The summed E-state index contributed by atoms with van der Waals surface area (Å²) in [5, 5.41) is 14.8. The maximum Gasteiger partial charge on any atom is 0.407 e. The lowest BCUT2D eigenvalue weighted by Crippen LogP contribution is -2.23.